The molecule has 1 aliphatic rings. The van der Waals surface area contributed by atoms with Gasteiger partial charge in [0.2, 0.25) is 0 Å². The minimum atomic E-state index is -1.02. The minimum absolute atomic E-state index is 0.194. The van der Waals surface area contributed by atoms with Gasteiger partial charge in [0.1, 0.15) is 18.0 Å². The normalized spacial score (nSPS) is 28.1. The molecule has 0 aliphatic carbocycles. The molecule has 1 fully saturated rings. The minimum Gasteiger partial charge on any atom is -0.494 e. The van der Waals surface area contributed by atoms with Gasteiger partial charge in [0.05, 0.1) is 31.5 Å². The van der Waals surface area contributed by atoms with E-state index in [1.165, 1.54) is 0 Å². The Morgan fingerprint density at radius 3 is 2.64 bits per heavy atom. The molecule has 0 radical (unpaired) electrons. The molecule has 6 heteroatoms. The largest absolute Gasteiger partial charge is 0.494 e. The summed E-state index contributed by atoms with van der Waals surface area (Å²) in [5.74, 6) is 0.672. The first kappa shape index (κ1) is 16.7. The van der Waals surface area contributed by atoms with Crippen LogP contribution in [0.3, 0.4) is 0 Å². The lowest BCUT2D eigenvalue weighted by Crippen LogP contribution is -2.44. The number of hydrogen-bond acceptors (Lipinski definition) is 6. The summed E-state index contributed by atoms with van der Waals surface area (Å²) in [5, 5.41) is 37.5. The second-order valence-electron chi connectivity index (χ2n) is 5.33. The molecular weight excluding hydrogens is 286 g/mol. The van der Waals surface area contributed by atoms with Crippen LogP contribution in [-0.2, 0) is 4.74 Å². The van der Waals surface area contributed by atoms with Crippen LogP contribution in [-0.4, -0.2) is 46.8 Å². The smallest absolute Gasteiger partial charge is 0.119 e. The summed E-state index contributed by atoms with van der Waals surface area (Å²) in [4.78, 5) is 0. The number of aliphatic hydroxyl groups is 3. The molecule has 0 saturated carbocycles. The van der Waals surface area contributed by atoms with Crippen LogP contribution in [0.5, 0.6) is 5.75 Å². The molecule has 1 heterocycles. The van der Waals surface area contributed by atoms with Gasteiger partial charge in [0.15, 0.2) is 0 Å². The zero-order valence-electron chi connectivity index (χ0n) is 12.3. The van der Waals surface area contributed by atoms with Gasteiger partial charge in [-0.25, -0.2) is 0 Å². The Balaban J connectivity index is 1.98. The van der Waals surface area contributed by atoms with Gasteiger partial charge in [0.25, 0.3) is 0 Å². The molecular formula is C16H21NO5. The van der Waals surface area contributed by atoms with Gasteiger partial charge in [0, 0.05) is 12.8 Å². The van der Waals surface area contributed by atoms with Crippen molar-refractivity contribution >= 4 is 0 Å². The molecule has 4 atom stereocenters. The Labute approximate surface area is 129 Å². The van der Waals surface area contributed by atoms with Crippen molar-refractivity contribution < 1.29 is 24.8 Å². The van der Waals surface area contributed by atoms with Gasteiger partial charge in [-0.1, -0.05) is 12.1 Å². The predicted octanol–water partition coefficient (Wildman–Crippen LogP) is 0.913. The van der Waals surface area contributed by atoms with Gasteiger partial charge in [-0.15, -0.1) is 0 Å². The number of ether oxygens (including phenoxy) is 2. The maximum atomic E-state index is 10.1. The summed E-state index contributed by atoms with van der Waals surface area (Å²) < 4.78 is 11.1. The lowest BCUT2D eigenvalue weighted by atomic mass is 9.93. The molecule has 1 saturated heterocycles. The van der Waals surface area contributed by atoms with Crippen LogP contribution in [0.1, 0.15) is 30.9 Å². The number of nitrogens with zero attached hydrogens (tertiary/aromatic N) is 1. The van der Waals surface area contributed by atoms with Crippen LogP contribution in [0.15, 0.2) is 24.3 Å². The summed E-state index contributed by atoms with van der Waals surface area (Å²) in [7, 11) is 0. The van der Waals surface area contributed by atoms with Crippen molar-refractivity contribution in [1.29, 1.82) is 5.26 Å². The van der Waals surface area contributed by atoms with Crippen molar-refractivity contribution in [3.05, 3.63) is 29.8 Å². The molecule has 0 bridgehead atoms. The van der Waals surface area contributed by atoms with Crippen LogP contribution in [0.4, 0.5) is 0 Å². The van der Waals surface area contributed by atoms with Crippen LogP contribution in [0.25, 0.3) is 0 Å². The van der Waals surface area contributed by atoms with Crippen molar-refractivity contribution in [3.8, 4) is 11.8 Å². The van der Waals surface area contributed by atoms with Gasteiger partial charge >= 0.3 is 0 Å². The SMILES string of the molecule is N#CCCCOc1ccc(C2OC(CO)CC(O)C2O)cc1. The van der Waals surface area contributed by atoms with Crippen molar-refractivity contribution in [2.24, 2.45) is 0 Å². The first-order valence-corrected chi connectivity index (χ1v) is 7.38. The van der Waals surface area contributed by atoms with E-state index in [9.17, 15) is 15.3 Å². The van der Waals surface area contributed by atoms with Gasteiger partial charge in [-0.3, -0.25) is 0 Å². The molecule has 6 nitrogen and oxygen atoms in total. The monoisotopic (exact) mass is 307 g/mol. The molecule has 2 rings (SSSR count). The second-order valence-corrected chi connectivity index (χ2v) is 5.33. The summed E-state index contributed by atoms with van der Waals surface area (Å²) in [6.07, 6.45) is -1.75. The molecule has 3 N–H and O–H groups in total. The van der Waals surface area contributed by atoms with Crippen molar-refractivity contribution in [1.82, 2.24) is 0 Å². The van der Waals surface area contributed by atoms with Gasteiger partial charge in [-0.05, 0) is 24.1 Å². The fourth-order valence-corrected chi connectivity index (χ4v) is 2.44. The van der Waals surface area contributed by atoms with E-state index >= 15 is 0 Å². The fourth-order valence-electron chi connectivity index (χ4n) is 2.44. The van der Waals surface area contributed by atoms with E-state index in [1.807, 2.05) is 0 Å². The van der Waals surface area contributed by atoms with E-state index in [2.05, 4.69) is 6.07 Å². The number of benzene rings is 1. The van der Waals surface area contributed by atoms with E-state index in [0.717, 1.165) is 0 Å². The second kappa shape index (κ2) is 8.11. The van der Waals surface area contributed by atoms with E-state index in [0.29, 0.717) is 30.8 Å². The summed E-state index contributed by atoms with van der Waals surface area (Å²) >= 11 is 0. The van der Waals surface area contributed by atoms with Crippen LogP contribution < -0.4 is 4.74 Å². The quantitative estimate of drug-likeness (QED) is 0.675. The Hall–Kier alpha value is -1.65. The summed E-state index contributed by atoms with van der Waals surface area (Å²) in [5.41, 5.74) is 0.717. The van der Waals surface area contributed by atoms with Crippen molar-refractivity contribution in [2.45, 2.75) is 43.7 Å². The van der Waals surface area contributed by atoms with Crippen molar-refractivity contribution in [3.63, 3.8) is 0 Å². The number of nitriles is 1. The highest BCUT2D eigenvalue weighted by molar-refractivity contribution is 5.29. The molecule has 0 spiro atoms. The molecule has 0 aromatic heterocycles. The maximum absolute atomic E-state index is 10.1. The van der Waals surface area contributed by atoms with E-state index in [-0.39, 0.29) is 13.0 Å². The number of rotatable bonds is 6. The summed E-state index contributed by atoms with van der Waals surface area (Å²) in [6, 6.07) is 9.10. The average molecular weight is 307 g/mol. The lowest BCUT2D eigenvalue weighted by Gasteiger charge is -2.36. The molecule has 22 heavy (non-hydrogen) atoms. The van der Waals surface area contributed by atoms with Crippen molar-refractivity contribution in [2.75, 3.05) is 13.2 Å². The van der Waals surface area contributed by atoms with Gasteiger partial charge in [-0.2, -0.15) is 5.26 Å². The molecule has 4 unspecified atom stereocenters. The lowest BCUT2D eigenvalue weighted by molar-refractivity contribution is -0.179. The number of unbranched alkanes of at least 4 members (excludes halogenated alkanes) is 1. The Kier molecular flexibility index (Phi) is 6.16. The third-order valence-electron chi connectivity index (χ3n) is 3.66. The van der Waals surface area contributed by atoms with E-state index < -0.39 is 24.4 Å². The predicted molar refractivity (Wildman–Crippen MR) is 78.1 cm³/mol. The first-order valence-electron chi connectivity index (χ1n) is 7.38. The maximum Gasteiger partial charge on any atom is 0.119 e. The topological polar surface area (TPSA) is 103 Å². The third kappa shape index (κ3) is 4.18. The standard InChI is InChI=1S/C16H21NO5/c17-7-1-2-8-21-12-5-3-11(4-6-12)16-15(20)14(19)9-13(10-18)22-16/h3-6,13-16,18-20H,1-2,8-10H2. The average Bonchev–Trinajstić information content (AvgIpc) is 2.55. The number of aliphatic hydroxyl groups excluding tert-OH is 3. The van der Waals surface area contributed by atoms with Crippen LogP contribution in [0.2, 0.25) is 0 Å². The van der Waals surface area contributed by atoms with E-state index in [1.54, 1.807) is 24.3 Å². The summed E-state index contributed by atoms with van der Waals surface area (Å²) in [6.45, 7) is 0.279. The Morgan fingerprint density at radius 2 is 2.00 bits per heavy atom. The molecule has 1 aromatic rings. The highest BCUT2D eigenvalue weighted by atomic mass is 16.5. The first-order chi connectivity index (χ1) is 10.7. The Morgan fingerprint density at radius 1 is 1.27 bits per heavy atom. The molecule has 0 amide bonds. The molecule has 1 aliphatic heterocycles. The zero-order chi connectivity index (χ0) is 15.9. The van der Waals surface area contributed by atoms with Crippen LogP contribution in [0, 0.1) is 11.3 Å². The highest BCUT2D eigenvalue weighted by Gasteiger charge is 2.37. The number of hydrogen-bond donors (Lipinski definition) is 3. The highest BCUT2D eigenvalue weighted by Crippen LogP contribution is 2.32. The Bertz CT molecular complexity index is 498. The third-order valence-corrected chi connectivity index (χ3v) is 3.66. The fraction of sp³-hybridized carbons (Fsp3) is 0.562. The molecule has 120 valence electrons. The van der Waals surface area contributed by atoms with Crippen LogP contribution >= 0.6 is 0 Å². The van der Waals surface area contributed by atoms with E-state index in [4.69, 9.17) is 14.7 Å². The van der Waals surface area contributed by atoms with Gasteiger partial charge < -0.3 is 24.8 Å². The zero-order valence-corrected chi connectivity index (χ0v) is 12.3. The molecule has 1 aromatic carbocycles.